The first-order chi connectivity index (χ1) is 45.6. The standard InChI is InChI=1S/2C26H46O4S.C26H46O3S.CH2Cl2/c2*1-6-7-8-9-10-11-12-13-18-31(27)21-16-17-26(19-29-26)24(23(21)28-5)25(4)22(30-25)15-14-20(2)3;1-6-7-8-9-10-11-12-13-18-30-21-16-17-26(19-28-26)24(23(21)27-5)25(4)22(29-25)15-14-20(2)3;2-1-3/h2*14,21-24H,6-13,15-19H2,1-5H3;14-15,20-24H,6-13,16-19H2,1-5H3;1H2/b;;15-14+;/t21-,22-,23-,24?,25-,26+,31?;21-,22-,23-,24-,25+,26+,31?;21-,22-,23-,24?,25-,26+;/m111./s1. The Morgan fingerprint density at radius 3 is 1.18 bits per heavy atom. The second-order valence-corrected chi connectivity index (χ2v) is 37.1. The molecule has 9 fully saturated rings. The summed E-state index contributed by atoms with van der Waals surface area (Å²) in [5, 5.41) is 0.953. The smallest absolute Gasteiger partial charge is 0.106 e. The number of epoxide rings is 6. The summed E-state index contributed by atoms with van der Waals surface area (Å²) in [5.41, 5.74) is 1.82. The summed E-state index contributed by atoms with van der Waals surface area (Å²) in [7, 11) is 3.77. The van der Waals surface area contributed by atoms with Gasteiger partial charge >= 0.3 is 0 Å². The first kappa shape index (κ1) is 84.0. The van der Waals surface area contributed by atoms with E-state index in [-0.39, 0.29) is 97.9 Å². The molecule has 0 radical (unpaired) electrons. The normalized spacial score (nSPS) is 36.7. The molecule has 0 bridgehead atoms. The Kier molecular flexibility index (Phi) is 36.7. The fourth-order valence-corrected chi connectivity index (χ4v) is 21.9. The SMILES string of the molecule is CCCCCCCCCCS(=O)[C@@H]1CC[C@]2(CO2)C([C@]2(C)O[C@@H]2CC=C(C)C)[C@@H]1OC.CCCCCCCCCCS(=O)[C@@H]1CC[C@]2(CO2)[C@@H]([C@@]2(C)O[C@@H]2CC=C(C)C)[C@@H]1OC.CCCCCCCCCCS[C@@H]1CC[C@]2(CO2)C([C@]2(C)O[C@@H]2/C=C/C(C)C)[C@@H]1OC.ClCCl. The number of ether oxygens (including phenoxy) is 9. The van der Waals surface area contributed by atoms with E-state index in [2.05, 4.69) is 119 Å². The number of hydrogen-bond donors (Lipinski definition) is 0. The van der Waals surface area contributed by atoms with Gasteiger partial charge in [0.1, 0.15) is 22.9 Å². The van der Waals surface area contributed by atoms with Crippen molar-refractivity contribution in [2.75, 3.05) is 63.7 Å². The zero-order valence-corrected chi connectivity index (χ0v) is 66.8. The molecule has 6 aliphatic heterocycles. The second kappa shape index (κ2) is 41.5. The van der Waals surface area contributed by atoms with Crippen LogP contribution in [0.3, 0.4) is 0 Å². The lowest BCUT2D eigenvalue weighted by atomic mass is 9.69. The molecule has 6 heterocycles. The minimum Gasteiger partial charge on any atom is -0.380 e. The molecular formula is C79H140Cl2O11S3. The number of rotatable bonds is 42. The molecule has 0 amide bonds. The average Bonchev–Trinajstić information content (AvgIpc) is 1.55. The molecule has 554 valence electrons. The van der Waals surface area contributed by atoms with E-state index in [9.17, 15) is 8.42 Å². The maximum Gasteiger partial charge on any atom is 0.106 e. The van der Waals surface area contributed by atoms with Crippen LogP contribution in [0.5, 0.6) is 0 Å². The molecule has 6 saturated heterocycles. The van der Waals surface area contributed by atoms with E-state index in [1.54, 1.807) is 14.2 Å². The van der Waals surface area contributed by atoms with E-state index < -0.39 is 21.6 Å². The van der Waals surface area contributed by atoms with E-state index in [0.717, 1.165) is 89.1 Å². The lowest BCUT2D eigenvalue weighted by Crippen LogP contribution is -2.55. The second-order valence-electron chi connectivity index (χ2n) is 31.4. The molecule has 16 heteroatoms. The van der Waals surface area contributed by atoms with Crippen molar-refractivity contribution in [3.63, 3.8) is 0 Å². The molecule has 0 aromatic rings. The zero-order valence-electron chi connectivity index (χ0n) is 62.9. The summed E-state index contributed by atoms with van der Waals surface area (Å²) in [4.78, 5) is 0. The highest BCUT2D eigenvalue weighted by Crippen LogP contribution is 2.63. The molecule has 3 spiro atoms. The highest BCUT2D eigenvalue weighted by atomic mass is 35.5. The van der Waals surface area contributed by atoms with Crippen molar-refractivity contribution in [2.45, 2.75) is 375 Å². The van der Waals surface area contributed by atoms with Gasteiger partial charge in [0.15, 0.2) is 0 Å². The fourth-order valence-electron chi connectivity index (χ4n) is 17.0. The molecule has 4 unspecified atom stereocenters. The predicted molar refractivity (Wildman–Crippen MR) is 403 cm³/mol. The van der Waals surface area contributed by atoms with Crippen molar-refractivity contribution in [2.24, 2.45) is 23.7 Å². The van der Waals surface area contributed by atoms with Crippen molar-refractivity contribution in [1.29, 1.82) is 0 Å². The molecule has 20 atom stereocenters. The number of hydrogen-bond acceptors (Lipinski definition) is 12. The van der Waals surface area contributed by atoms with Crippen molar-refractivity contribution >= 4 is 56.6 Å². The van der Waals surface area contributed by atoms with Crippen molar-refractivity contribution in [1.82, 2.24) is 0 Å². The number of halogens is 2. The quantitative estimate of drug-likeness (QED) is 0.0249. The van der Waals surface area contributed by atoms with Gasteiger partial charge in [-0.2, -0.15) is 11.8 Å². The van der Waals surface area contributed by atoms with Gasteiger partial charge in [-0.05, 0) is 131 Å². The first-order valence-corrected chi connectivity index (χ1v) is 43.5. The molecule has 0 aromatic heterocycles. The number of alkyl halides is 2. The molecule has 3 aliphatic carbocycles. The van der Waals surface area contributed by atoms with Crippen LogP contribution >= 0.6 is 35.0 Å². The fraction of sp³-hybridized carbons (Fsp3) is 0.924. The predicted octanol–water partition coefficient (Wildman–Crippen LogP) is 20.1. The third-order valence-electron chi connectivity index (χ3n) is 23.0. The molecule has 95 heavy (non-hydrogen) atoms. The van der Waals surface area contributed by atoms with Crippen LogP contribution in [0, 0.1) is 23.7 Å². The number of unbranched alkanes of at least 4 members (excludes halogenated alkanes) is 21. The number of methoxy groups -OCH3 is 3. The maximum absolute atomic E-state index is 13.3. The van der Waals surface area contributed by atoms with Crippen LogP contribution in [0.2, 0.25) is 0 Å². The van der Waals surface area contributed by atoms with Gasteiger partial charge in [0.2, 0.25) is 0 Å². The van der Waals surface area contributed by atoms with Gasteiger partial charge < -0.3 is 42.6 Å². The van der Waals surface area contributed by atoms with Crippen molar-refractivity contribution < 1.29 is 51.0 Å². The van der Waals surface area contributed by atoms with Gasteiger partial charge in [-0.3, -0.25) is 8.42 Å². The van der Waals surface area contributed by atoms with Crippen LogP contribution in [-0.4, -0.2) is 158 Å². The van der Waals surface area contributed by atoms with Gasteiger partial charge in [0, 0.05) is 77.4 Å². The average molecular weight is 1430 g/mol. The topological polar surface area (TPSA) is 137 Å². The Balaban J connectivity index is 0.000000221. The highest BCUT2D eigenvalue weighted by molar-refractivity contribution is 7.99. The minimum atomic E-state index is -0.850. The Hall–Kier alpha value is 0.0900. The summed E-state index contributed by atoms with van der Waals surface area (Å²) in [6.45, 7) is 29.0. The van der Waals surface area contributed by atoms with E-state index >= 15 is 0 Å². The van der Waals surface area contributed by atoms with E-state index in [4.69, 9.17) is 65.8 Å². The van der Waals surface area contributed by atoms with Gasteiger partial charge in [0.05, 0.1) is 83.0 Å². The monoisotopic (exact) mass is 1430 g/mol. The molecule has 0 N–H and O–H groups in total. The zero-order chi connectivity index (χ0) is 69.3. The van der Waals surface area contributed by atoms with E-state index in [1.165, 1.54) is 165 Å². The van der Waals surface area contributed by atoms with Crippen LogP contribution in [0.4, 0.5) is 0 Å². The third kappa shape index (κ3) is 24.6. The highest BCUT2D eigenvalue weighted by Gasteiger charge is 2.74. The first-order valence-electron chi connectivity index (χ1n) is 38.6. The Morgan fingerprint density at radius 1 is 0.505 bits per heavy atom. The summed E-state index contributed by atoms with van der Waals surface area (Å²) in [5.74, 6) is 4.10. The summed E-state index contributed by atoms with van der Waals surface area (Å²) >= 11 is 11.7. The Morgan fingerprint density at radius 2 is 0.842 bits per heavy atom. The summed E-state index contributed by atoms with van der Waals surface area (Å²) in [6, 6.07) is 0. The molecule has 9 aliphatic rings. The van der Waals surface area contributed by atoms with Gasteiger partial charge in [0.25, 0.3) is 0 Å². The summed E-state index contributed by atoms with van der Waals surface area (Å²) < 4.78 is 81.9. The largest absolute Gasteiger partial charge is 0.380 e. The van der Waals surface area contributed by atoms with Crippen LogP contribution in [0.15, 0.2) is 35.5 Å². The van der Waals surface area contributed by atoms with Crippen molar-refractivity contribution in [3.8, 4) is 0 Å². The molecule has 0 aromatic carbocycles. The molecule has 9 rings (SSSR count). The number of thioether (sulfide) groups is 1. The van der Waals surface area contributed by atoms with Gasteiger partial charge in [-0.15, -0.1) is 23.2 Å². The number of allylic oxidation sites excluding steroid dienone is 3. The minimum absolute atomic E-state index is 0.00535. The molecule has 3 saturated carbocycles. The third-order valence-corrected chi connectivity index (χ3v) is 28.2. The van der Waals surface area contributed by atoms with Crippen LogP contribution in [0.1, 0.15) is 289 Å². The van der Waals surface area contributed by atoms with Crippen LogP contribution < -0.4 is 0 Å². The van der Waals surface area contributed by atoms with Crippen LogP contribution in [-0.2, 0) is 64.2 Å². The van der Waals surface area contributed by atoms with Gasteiger partial charge in [-0.25, -0.2) is 0 Å². The van der Waals surface area contributed by atoms with E-state index in [0.29, 0.717) is 17.1 Å². The molecular weight excluding hydrogens is 1290 g/mol. The Bertz CT molecular complexity index is 2210. The summed E-state index contributed by atoms with van der Waals surface area (Å²) in [6.07, 6.45) is 49.5. The Labute approximate surface area is 601 Å². The van der Waals surface area contributed by atoms with Crippen LogP contribution in [0.25, 0.3) is 0 Å². The van der Waals surface area contributed by atoms with Crippen molar-refractivity contribution in [3.05, 3.63) is 35.5 Å². The lowest BCUT2D eigenvalue weighted by Gasteiger charge is -2.43. The molecule has 11 nitrogen and oxygen atoms in total. The maximum atomic E-state index is 13.3. The lowest BCUT2D eigenvalue weighted by molar-refractivity contribution is -0.0462. The van der Waals surface area contributed by atoms with E-state index in [1.807, 2.05) is 7.11 Å². The van der Waals surface area contributed by atoms with Gasteiger partial charge in [-0.1, -0.05) is 205 Å².